The summed E-state index contributed by atoms with van der Waals surface area (Å²) in [6, 6.07) is 0. The van der Waals surface area contributed by atoms with Gasteiger partial charge in [0.1, 0.15) is 0 Å². The number of hydrogen-bond acceptors (Lipinski definition) is 1. The van der Waals surface area contributed by atoms with Crippen LogP contribution in [0.5, 0.6) is 0 Å². The van der Waals surface area contributed by atoms with Gasteiger partial charge in [-0.15, -0.1) is 0 Å². The fourth-order valence-electron chi connectivity index (χ4n) is 7.07. The molecule has 0 spiro atoms. The van der Waals surface area contributed by atoms with Gasteiger partial charge in [0.2, 0.25) is 0 Å². The molecule has 4 aliphatic rings. The Labute approximate surface area is 136 Å². The predicted molar refractivity (Wildman–Crippen MR) is 93.4 cm³/mol. The van der Waals surface area contributed by atoms with Crippen LogP contribution in [0, 0.1) is 34.5 Å². The maximum absolute atomic E-state index is 2.63. The van der Waals surface area contributed by atoms with Gasteiger partial charge in [0.25, 0.3) is 0 Å². The Balaban J connectivity index is 1.65. The monoisotopic (exact) mass is 299 g/mol. The van der Waals surface area contributed by atoms with Crippen molar-refractivity contribution in [1.82, 2.24) is 4.90 Å². The van der Waals surface area contributed by atoms with Gasteiger partial charge in [0, 0.05) is 25.2 Å². The van der Waals surface area contributed by atoms with E-state index in [9.17, 15) is 0 Å². The highest BCUT2D eigenvalue weighted by atomic mass is 15.1. The van der Waals surface area contributed by atoms with E-state index in [4.69, 9.17) is 0 Å². The topological polar surface area (TPSA) is 3.24 Å². The molecule has 0 aromatic carbocycles. The molecule has 0 radical (unpaired) electrons. The summed E-state index contributed by atoms with van der Waals surface area (Å²) >= 11 is 0. The Kier molecular flexibility index (Phi) is 3.30. The summed E-state index contributed by atoms with van der Waals surface area (Å²) in [5, 5.41) is 0. The molecule has 0 bridgehead atoms. The zero-order valence-electron chi connectivity index (χ0n) is 14.9. The van der Waals surface area contributed by atoms with Crippen molar-refractivity contribution in [2.24, 2.45) is 34.5 Å². The van der Waals surface area contributed by atoms with Crippen molar-refractivity contribution in [2.45, 2.75) is 58.8 Å². The van der Waals surface area contributed by atoms with E-state index < -0.39 is 0 Å². The van der Waals surface area contributed by atoms with E-state index >= 15 is 0 Å². The van der Waals surface area contributed by atoms with Crippen LogP contribution >= 0.6 is 0 Å². The standard InChI is InChI=1S/C21H33N/c1-20-13-6-5-7-15(20)8-9-16-17-10-11-19(22(3)4)21(17,2)14-12-18(16)20/h5,7,11,15-18H,6,8-10,12-14H2,1-4H3/t15?,16-,17-,18-,20-,21-/m0/s1. The fraction of sp³-hybridized carbons (Fsp3) is 0.810. The molecule has 1 heteroatoms. The molecule has 0 aromatic heterocycles. The van der Waals surface area contributed by atoms with Crippen molar-refractivity contribution in [3.8, 4) is 0 Å². The Hall–Kier alpha value is -0.720. The molecule has 0 aliphatic heterocycles. The lowest BCUT2D eigenvalue weighted by molar-refractivity contribution is -0.0793. The average Bonchev–Trinajstić information content (AvgIpc) is 2.84. The number of nitrogens with zero attached hydrogens (tertiary/aromatic N) is 1. The van der Waals surface area contributed by atoms with Gasteiger partial charge in [-0.05, 0) is 74.0 Å². The third-order valence-electron chi connectivity index (χ3n) is 8.18. The van der Waals surface area contributed by atoms with Gasteiger partial charge in [0.15, 0.2) is 0 Å². The third kappa shape index (κ3) is 1.83. The van der Waals surface area contributed by atoms with Crippen molar-refractivity contribution in [3.63, 3.8) is 0 Å². The van der Waals surface area contributed by atoms with E-state index in [-0.39, 0.29) is 0 Å². The first-order valence-electron chi connectivity index (χ1n) is 9.51. The lowest BCUT2D eigenvalue weighted by Gasteiger charge is -2.59. The van der Waals surface area contributed by atoms with Crippen LogP contribution in [0.2, 0.25) is 0 Å². The lowest BCUT2D eigenvalue weighted by atomic mass is 9.46. The predicted octanol–water partition coefficient (Wildman–Crippen LogP) is 5.25. The van der Waals surface area contributed by atoms with Gasteiger partial charge in [-0.1, -0.05) is 32.1 Å². The molecule has 0 heterocycles. The minimum atomic E-state index is 0.457. The second-order valence-electron chi connectivity index (χ2n) is 9.21. The summed E-state index contributed by atoms with van der Waals surface area (Å²) in [6.07, 6.45) is 17.5. The summed E-state index contributed by atoms with van der Waals surface area (Å²) in [5.41, 5.74) is 2.69. The maximum Gasteiger partial charge on any atom is 0.0150 e. The first-order chi connectivity index (χ1) is 10.5. The Morgan fingerprint density at radius 2 is 1.86 bits per heavy atom. The van der Waals surface area contributed by atoms with Gasteiger partial charge in [-0.2, -0.15) is 0 Å². The molecular weight excluding hydrogens is 266 g/mol. The molecular formula is C21H33N. The van der Waals surface area contributed by atoms with Crippen LogP contribution in [0.4, 0.5) is 0 Å². The highest BCUT2D eigenvalue weighted by Crippen LogP contribution is 2.65. The van der Waals surface area contributed by atoms with Crippen molar-refractivity contribution in [2.75, 3.05) is 14.1 Å². The molecule has 0 saturated heterocycles. The normalized spacial score (nSPS) is 49.9. The Morgan fingerprint density at radius 1 is 1.05 bits per heavy atom. The number of allylic oxidation sites excluding steroid dienone is 4. The van der Waals surface area contributed by atoms with E-state index in [1.165, 1.54) is 44.9 Å². The van der Waals surface area contributed by atoms with E-state index in [1.54, 1.807) is 5.70 Å². The van der Waals surface area contributed by atoms with Crippen LogP contribution in [0.3, 0.4) is 0 Å². The molecule has 2 fully saturated rings. The summed E-state index contributed by atoms with van der Waals surface area (Å²) in [6.45, 7) is 5.21. The molecule has 0 aromatic rings. The van der Waals surface area contributed by atoms with E-state index in [1.807, 2.05) is 0 Å². The summed E-state index contributed by atoms with van der Waals surface area (Å²) < 4.78 is 0. The average molecular weight is 300 g/mol. The summed E-state index contributed by atoms with van der Waals surface area (Å²) in [4.78, 5) is 2.40. The van der Waals surface area contributed by atoms with Crippen LogP contribution in [-0.4, -0.2) is 19.0 Å². The minimum Gasteiger partial charge on any atom is -0.381 e. The highest BCUT2D eigenvalue weighted by Gasteiger charge is 2.57. The molecule has 122 valence electrons. The SMILES string of the molecule is CN(C)C1=CC[C@H]2[C@@H]3CCC4C=CCC[C@]4(C)[C@H]3CC[C@]12C. The number of fused-ring (bicyclic) bond motifs is 5. The largest absolute Gasteiger partial charge is 0.381 e. The van der Waals surface area contributed by atoms with Crippen LogP contribution < -0.4 is 0 Å². The highest BCUT2D eigenvalue weighted by molar-refractivity contribution is 5.24. The van der Waals surface area contributed by atoms with Gasteiger partial charge in [-0.25, -0.2) is 0 Å². The van der Waals surface area contributed by atoms with Crippen molar-refractivity contribution >= 4 is 0 Å². The number of hydrogen-bond donors (Lipinski definition) is 0. The summed E-state index contributed by atoms with van der Waals surface area (Å²) in [5.74, 6) is 3.73. The minimum absolute atomic E-state index is 0.457. The molecule has 0 N–H and O–H groups in total. The van der Waals surface area contributed by atoms with E-state index in [2.05, 4.69) is 51.1 Å². The van der Waals surface area contributed by atoms with E-state index in [0.29, 0.717) is 10.8 Å². The summed E-state index contributed by atoms with van der Waals surface area (Å²) in [7, 11) is 4.49. The first-order valence-corrected chi connectivity index (χ1v) is 9.51. The van der Waals surface area contributed by atoms with E-state index in [0.717, 1.165) is 23.7 Å². The lowest BCUT2D eigenvalue weighted by Crippen LogP contribution is -2.52. The van der Waals surface area contributed by atoms with Crippen LogP contribution in [0.15, 0.2) is 23.9 Å². The number of rotatable bonds is 1. The van der Waals surface area contributed by atoms with Crippen molar-refractivity contribution in [1.29, 1.82) is 0 Å². The second-order valence-corrected chi connectivity index (χ2v) is 9.21. The van der Waals surface area contributed by atoms with Crippen molar-refractivity contribution < 1.29 is 0 Å². The quantitative estimate of drug-likeness (QED) is 0.598. The molecule has 4 rings (SSSR count). The molecule has 0 amide bonds. The third-order valence-corrected chi connectivity index (χ3v) is 8.18. The smallest absolute Gasteiger partial charge is 0.0150 e. The molecule has 1 unspecified atom stereocenters. The van der Waals surface area contributed by atoms with Gasteiger partial charge >= 0.3 is 0 Å². The van der Waals surface area contributed by atoms with Crippen LogP contribution in [-0.2, 0) is 0 Å². The fourth-order valence-corrected chi connectivity index (χ4v) is 7.07. The molecule has 22 heavy (non-hydrogen) atoms. The van der Waals surface area contributed by atoms with Crippen LogP contribution in [0.25, 0.3) is 0 Å². The van der Waals surface area contributed by atoms with Gasteiger partial charge < -0.3 is 4.90 Å². The molecule has 4 aliphatic carbocycles. The first kappa shape index (κ1) is 14.8. The van der Waals surface area contributed by atoms with Gasteiger partial charge in [0.05, 0.1) is 0 Å². The van der Waals surface area contributed by atoms with Crippen molar-refractivity contribution in [3.05, 3.63) is 23.9 Å². The molecule has 6 atom stereocenters. The zero-order valence-corrected chi connectivity index (χ0v) is 14.9. The zero-order chi connectivity index (χ0) is 15.5. The molecule has 2 saturated carbocycles. The molecule has 1 nitrogen and oxygen atoms in total. The maximum atomic E-state index is 2.63. The second kappa shape index (κ2) is 4.89. The Morgan fingerprint density at radius 3 is 2.64 bits per heavy atom. The Bertz CT molecular complexity index is 516. The van der Waals surface area contributed by atoms with Gasteiger partial charge in [-0.3, -0.25) is 0 Å². The van der Waals surface area contributed by atoms with Crippen LogP contribution in [0.1, 0.15) is 58.8 Å².